The van der Waals surface area contributed by atoms with Crippen LogP contribution in [0.3, 0.4) is 0 Å². The van der Waals surface area contributed by atoms with Crippen molar-refractivity contribution in [2.45, 2.75) is 44.6 Å². The predicted molar refractivity (Wildman–Crippen MR) is 55.2 cm³/mol. The highest BCUT2D eigenvalue weighted by molar-refractivity contribution is 5.87. The lowest BCUT2D eigenvalue weighted by atomic mass is 9.99. The van der Waals surface area contributed by atoms with Crippen LogP contribution in [0.1, 0.15) is 20.8 Å². The van der Waals surface area contributed by atoms with Gasteiger partial charge >= 0.3 is 6.18 Å². The number of carbonyl (C=O) groups is 1. The Morgan fingerprint density at radius 3 is 2.41 bits per heavy atom. The van der Waals surface area contributed by atoms with Gasteiger partial charge in [0.15, 0.2) is 5.54 Å². The molecule has 0 radical (unpaired) electrons. The lowest BCUT2D eigenvalue weighted by molar-refractivity contribution is -0.199. The Bertz CT molecular complexity index is 304. The van der Waals surface area contributed by atoms with Crippen molar-refractivity contribution in [1.82, 2.24) is 4.90 Å². The van der Waals surface area contributed by atoms with Crippen LogP contribution in [-0.2, 0) is 9.53 Å². The van der Waals surface area contributed by atoms with Crippen molar-refractivity contribution in [3.8, 4) is 0 Å². The van der Waals surface area contributed by atoms with Crippen molar-refractivity contribution in [2.75, 3.05) is 13.2 Å². The van der Waals surface area contributed by atoms with Crippen LogP contribution in [0.5, 0.6) is 0 Å². The highest BCUT2D eigenvalue weighted by atomic mass is 19.4. The summed E-state index contributed by atoms with van der Waals surface area (Å²) in [4.78, 5) is 13.0. The Morgan fingerprint density at radius 2 is 1.94 bits per heavy atom. The van der Waals surface area contributed by atoms with Crippen molar-refractivity contribution in [1.29, 1.82) is 0 Å². The van der Waals surface area contributed by atoms with Crippen molar-refractivity contribution in [3.05, 3.63) is 0 Å². The lowest BCUT2D eigenvalue weighted by Crippen LogP contribution is -2.65. The van der Waals surface area contributed by atoms with Gasteiger partial charge in [0.1, 0.15) is 0 Å². The number of hydrogen-bond donors (Lipinski definition) is 1. The molecule has 0 aromatic rings. The highest BCUT2D eigenvalue weighted by Crippen LogP contribution is 2.30. The first-order chi connectivity index (χ1) is 7.57. The molecule has 0 spiro atoms. The molecule has 0 aliphatic carbocycles. The van der Waals surface area contributed by atoms with E-state index in [0.29, 0.717) is 6.92 Å². The van der Waals surface area contributed by atoms with E-state index in [2.05, 4.69) is 0 Å². The maximum atomic E-state index is 12.7. The molecular weight excluding hydrogens is 237 g/mol. The topological polar surface area (TPSA) is 55.6 Å². The standard InChI is InChI=1S/C10H17F3N2O2/c1-6-5-17-7(2)4-15(6)8(16)9(3,14)10(11,12)13/h6-7H,4-5,14H2,1-3H3. The summed E-state index contributed by atoms with van der Waals surface area (Å²) >= 11 is 0. The fourth-order valence-corrected chi connectivity index (χ4v) is 1.61. The third-order valence-corrected chi connectivity index (χ3v) is 2.90. The molecule has 1 fully saturated rings. The molecule has 0 bridgehead atoms. The first-order valence-electron chi connectivity index (χ1n) is 5.35. The maximum absolute atomic E-state index is 12.7. The lowest BCUT2D eigenvalue weighted by Gasteiger charge is -2.41. The molecule has 7 heteroatoms. The third-order valence-electron chi connectivity index (χ3n) is 2.90. The molecule has 0 aromatic carbocycles. The molecule has 4 nitrogen and oxygen atoms in total. The quantitative estimate of drug-likeness (QED) is 0.756. The molecule has 2 N–H and O–H groups in total. The second-order valence-corrected chi connectivity index (χ2v) is 4.65. The van der Waals surface area contributed by atoms with Gasteiger partial charge in [-0.05, 0) is 20.8 Å². The minimum Gasteiger partial charge on any atom is -0.375 e. The van der Waals surface area contributed by atoms with E-state index in [-0.39, 0.29) is 19.3 Å². The number of amides is 1. The molecule has 1 heterocycles. The first kappa shape index (κ1) is 14.2. The average molecular weight is 254 g/mol. The molecule has 0 aromatic heterocycles. The minimum absolute atomic E-state index is 0.128. The smallest absolute Gasteiger partial charge is 0.375 e. The zero-order valence-corrected chi connectivity index (χ0v) is 10.0. The molecule has 100 valence electrons. The van der Waals surface area contributed by atoms with E-state index < -0.39 is 23.7 Å². The SMILES string of the molecule is CC1CN(C(=O)C(C)(N)C(F)(F)F)C(C)CO1. The molecule has 1 aliphatic heterocycles. The van der Waals surface area contributed by atoms with E-state index in [1.807, 2.05) is 0 Å². The molecule has 1 rings (SSSR count). The van der Waals surface area contributed by atoms with Gasteiger partial charge in [-0.3, -0.25) is 4.79 Å². The highest BCUT2D eigenvalue weighted by Gasteiger charge is 2.56. The van der Waals surface area contributed by atoms with Crippen LogP contribution in [0.15, 0.2) is 0 Å². The predicted octanol–water partition coefficient (Wildman–Crippen LogP) is 0.902. The fourth-order valence-electron chi connectivity index (χ4n) is 1.61. The van der Waals surface area contributed by atoms with E-state index in [1.54, 1.807) is 13.8 Å². The second-order valence-electron chi connectivity index (χ2n) is 4.65. The molecule has 1 amide bonds. The minimum atomic E-state index is -4.76. The molecular formula is C10H17F3N2O2. The van der Waals surface area contributed by atoms with Gasteiger partial charge in [0, 0.05) is 6.54 Å². The van der Waals surface area contributed by atoms with Crippen LogP contribution in [0.2, 0.25) is 0 Å². The summed E-state index contributed by atoms with van der Waals surface area (Å²) in [6.07, 6.45) is -5.04. The molecule has 1 saturated heterocycles. The van der Waals surface area contributed by atoms with Gasteiger partial charge in [-0.25, -0.2) is 0 Å². The van der Waals surface area contributed by atoms with Gasteiger partial charge in [0.25, 0.3) is 5.91 Å². The number of halogens is 3. The van der Waals surface area contributed by atoms with E-state index in [0.717, 1.165) is 4.90 Å². The summed E-state index contributed by atoms with van der Waals surface area (Å²) in [5.41, 5.74) is 2.27. The summed E-state index contributed by atoms with van der Waals surface area (Å²) in [7, 11) is 0. The summed E-state index contributed by atoms with van der Waals surface area (Å²) < 4.78 is 43.2. The van der Waals surface area contributed by atoms with Crippen LogP contribution >= 0.6 is 0 Å². The summed E-state index contributed by atoms with van der Waals surface area (Å²) in [5, 5.41) is 0. The van der Waals surface area contributed by atoms with E-state index in [1.165, 1.54) is 0 Å². The number of morpholine rings is 1. The monoisotopic (exact) mass is 254 g/mol. The summed E-state index contributed by atoms with van der Waals surface area (Å²) in [6.45, 7) is 4.38. The number of nitrogens with two attached hydrogens (primary N) is 1. The molecule has 3 atom stereocenters. The Kier molecular flexibility index (Phi) is 3.73. The number of hydrogen-bond acceptors (Lipinski definition) is 3. The Morgan fingerprint density at radius 1 is 1.41 bits per heavy atom. The van der Waals surface area contributed by atoms with Crippen molar-refractivity contribution in [2.24, 2.45) is 5.73 Å². The molecule has 1 aliphatic rings. The van der Waals surface area contributed by atoms with Crippen molar-refractivity contribution >= 4 is 5.91 Å². The number of nitrogens with zero attached hydrogens (tertiary/aromatic N) is 1. The van der Waals surface area contributed by atoms with Crippen molar-refractivity contribution in [3.63, 3.8) is 0 Å². The summed E-state index contributed by atoms with van der Waals surface area (Å²) in [6, 6.07) is -0.399. The second kappa shape index (κ2) is 4.45. The first-order valence-corrected chi connectivity index (χ1v) is 5.35. The van der Waals surface area contributed by atoms with Crippen LogP contribution in [-0.4, -0.2) is 47.8 Å². The van der Waals surface area contributed by atoms with Crippen molar-refractivity contribution < 1.29 is 22.7 Å². The van der Waals surface area contributed by atoms with Gasteiger partial charge < -0.3 is 15.4 Å². The molecule has 17 heavy (non-hydrogen) atoms. The molecule has 0 saturated carbocycles. The number of carbonyl (C=O) groups excluding carboxylic acids is 1. The third kappa shape index (κ3) is 2.71. The van der Waals surface area contributed by atoms with Crippen LogP contribution in [0, 0.1) is 0 Å². The average Bonchev–Trinajstić information content (AvgIpc) is 2.19. The fraction of sp³-hybridized carbons (Fsp3) is 0.900. The maximum Gasteiger partial charge on any atom is 0.415 e. The van der Waals surface area contributed by atoms with Crippen LogP contribution in [0.25, 0.3) is 0 Å². The zero-order chi connectivity index (χ0) is 13.4. The van der Waals surface area contributed by atoms with Gasteiger partial charge in [-0.2, -0.15) is 13.2 Å². The summed E-state index contributed by atoms with van der Waals surface area (Å²) in [5.74, 6) is -1.10. The van der Waals surface area contributed by atoms with E-state index >= 15 is 0 Å². The Hall–Kier alpha value is -0.820. The number of alkyl halides is 3. The normalized spacial score (nSPS) is 29.9. The number of rotatable bonds is 1. The van der Waals surface area contributed by atoms with Gasteiger partial charge in [0.2, 0.25) is 0 Å². The van der Waals surface area contributed by atoms with Crippen LogP contribution in [0.4, 0.5) is 13.2 Å². The molecule has 3 unspecified atom stereocenters. The Balaban J connectivity index is 2.88. The largest absolute Gasteiger partial charge is 0.415 e. The zero-order valence-electron chi connectivity index (χ0n) is 10.0. The number of ether oxygens (including phenoxy) is 1. The van der Waals surface area contributed by atoms with Gasteiger partial charge in [-0.15, -0.1) is 0 Å². The Labute approximate surface area is 97.9 Å². The van der Waals surface area contributed by atoms with E-state index in [9.17, 15) is 18.0 Å². The van der Waals surface area contributed by atoms with E-state index in [4.69, 9.17) is 10.5 Å². The van der Waals surface area contributed by atoms with Gasteiger partial charge in [0.05, 0.1) is 18.8 Å². The van der Waals surface area contributed by atoms with Gasteiger partial charge in [-0.1, -0.05) is 0 Å². The van der Waals surface area contributed by atoms with Crippen LogP contribution < -0.4 is 5.73 Å².